The molecule has 0 fully saturated rings. The van der Waals surface area contributed by atoms with Gasteiger partial charge in [0, 0.05) is 13.1 Å². The first kappa shape index (κ1) is 32.7. The summed E-state index contributed by atoms with van der Waals surface area (Å²) in [6.45, 7) is 3.45. The molecule has 0 aliphatic heterocycles. The molecule has 0 bridgehead atoms. The van der Waals surface area contributed by atoms with Gasteiger partial charge in [0.1, 0.15) is 12.6 Å². The average Bonchev–Trinajstić information content (AvgIpc) is 2.98. The number of anilines is 1. The van der Waals surface area contributed by atoms with Crippen molar-refractivity contribution >= 4 is 27.5 Å². The Kier molecular flexibility index (Phi) is 11.6. The molecule has 11 heteroatoms. The van der Waals surface area contributed by atoms with Gasteiger partial charge in [-0.1, -0.05) is 74.9 Å². The van der Waals surface area contributed by atoms with Crippen LogP contribution >= 0.6 is 0 Å². The number of hydrogen-bond donors (Lipinski definition) is 1. The fraction of sp³-hybridized carbons (Fsp3) is 0.355. The summed E-state index contributed by atoms with van der Waals surface area (Å²) >= 11 is 0. The standard InChI is InChI=1S/C31H36F3N3O4S/c1-3-5-20-35-30(39)28(4-2)36(21-19-24-13-8-6-9-14-24)29(38)23-37(42(40,41)27-17-10-7-11-18-27)26-16-12-15-25(22-26)31(32,33)34/h6-18,22,28H,3-5,19-21,23H2,1-2H3,(H,35,39)/t28-/m1/s1. The van der Waals surface area contributed by atoms with Crippen molar-refractivity contribution in [3.05, 3.63) is 96.1 Å². The normalized spacial score (nSPS) is 12.4. The molecule has 0 saturated heterocycles. The van der Waals surface area contributed by atoms with Crippen LogP contribution in [-0.2, 0) is 32.2 Å². The Morgan fingerprint density at radius 2 is 1.55 bits per heavy atom. The first-order chi connectivity index (χ1) is 20.0. The van der Waals surface area contributed by atoms with Gasteiger partial charge in [0.15, 0.2) is 0 Å². The first-order valence-electron chi connectivity index (χ1n) is 13.8. The number of nitrogens with zero attached hydrogens (tertiary/aromatic N) is 2. The number of benzene rings is 3. The average molecular weight is 604 g/mol. The summed E-state index contributed by atoms with van der Waals surface area (Å²) in [5.74, 6) is -1.08. The number of hydrogen-bond acceptors (Lipinski definition) is 4. The Bertz CT molecular complexity index is 1420. The molecule has 0 aliphatic rings. The van der Waals surface area contributed by atoms with Crippen molar-refractivity contribution in [3.63, 3.8) is 0 Å². The van der Waals surface area contributed by atoms with E-state index in [-0.39, 0.29) is 29.5 Å². The fourth-order valence-electron chi connectivity index (χ4n) is 4.49. The Balaban J connectivity index is 2.03. The van der Waals surface area contributed by atoms with Crippen LogP contribution in [0, 0.1) is 0 Å². The van der Waals surface area contributed by atoms with Gasteiger partial charge in [0.05, 0.1) is 16.1 Å². The largest absolute Gasteiger partial charge is 0.416 e. The second kappa shape index (κ2) is 14.9. The molecule has 0 spiro atoms. The van der Waals surface area contributed by atoms with Crippen molar-refractivity contribution in [2.75, 3.05) is 23.9 Å². The molecule has 3 aromatic carbocycles. The van der Waals surface area contributed by atoms with Gasteiger partial charge in [-0.2, -0.15) is 13.2 Å². The maximum atomic E-state index is 14.0. The van der Waals surface area contributed by atoms with Gasteiger partial charge in [0.25, 0.3) is 10.0 Å². The van der Waals surface area contributed by atoms with E-state index in [1.165, 1.54) is 35.2 Å². The van der Waals surface area contributed by atoms with E-state index in [0.717, 1.165) is 30.5 Å². The molecule has 2 amide bonds. The summed E-state index contributed by atoms with van der Waals surface area (Å²) in [4.78, 5) is 28.3. The maximum Gasteiger partial charge on any atom is 0.416 e. The van der Waals surface area contributed by atoms with E-state index in [9.17, 15) is 31.2 Å². The van der Waals surface area contributed by atoms with Crippen molar-refractivity contribution in [3.8, 4) is 0 Å². The monoisotopic (exact) mass is 603 g/mol. The topological polar surface area (TPSA) is 86.8 Å². The molecule has 0 unspecified atom stereocenters. The summed E-state index contributed by atoms with van der Waals surface area (Å²) in [5.41, 5.74) is -0.461. The molecule has 0 aliphatic carbocycles. The zero-order valence-electron chi connectivity index (χ0n) is 23.7. The van der Waals surface area contributed by atoms with Crippen LogP contribution in [0.1, 0.15) is 44.2 Å². The molecule has 0 heterocycles. The van der Waals surface area contributed by atoms with Gasteiger partial charge >= 0.3 is 6.18 Å². The zero-order valence-corrected chi connectivity index (χ0v) is 24.5. The summed E-state index contributed by atoms with van der Waals surface area (Å²) in [6, 6.07) is 19.4. The van der Waals surface area contributed by atoms with E-state index in [0.29, 0.717) is 23.3 Å². The molecular formula is C31H36F3N3O4S. The van der Waals surface area contributed by atoms with Crippen LogP contribution in [-0.4, -0.2) is 50.8 Å². The van der Waals surface area contributed by atoms with E-state index in [1.807, 2.05) is 37.3 Å². The summed E-state index contributed by atoms with van der Waals surface area (Å²) < 4.78 is 69.0. The van der Waals surface area contributed by atoms with Gasteiger partial charge in [-0.3, -0.25) is 13.9 Å². The number of sulfonamides is 1. The van der Waals surface area contributed by atoms with Crippen molar-refractivity contribution in [1.82, 2.24) is 10.2 Å². The number of carbonyl (C=O) groups is 2. The summed E-state index contributed by atoms with van der Waals surface area (Å²) in [7, 11) is -4.46. The minimum atomic E-state index is -4.73. The summed E-state index contributed by atoms with van der Waals surface area (Å²) in [5, 5.41) is 2.84. The highest BCUT2D eigenvalue weighted by Crippen LogP contribution is 2.33. The van der Waals surface area contributed by atoms with Gasteiger partial charge in [0.2, 0.25) is 11.8 Å². The molecule has 3 aromatic rings. The second-order valence-electron chi connectivity index (χ2n) is 9.76. The predicted octanol–water partition coefficient (Wildman–Crippen LogP) is 5.67. The number of unbranched alkanes of at least 4 members (excludes halogenated alkanes) is 1. The zero-order chi connectivity index (χ0) is 30.8. The molecule has 1 N–H and O–H groups in total. The Hall–Kier alpha value is -3.86. The molecule has 7 nitrogen and oxygen atoms in total. The van der Waals surface area contributed by atoms with Crippen LogP contribution < -0.4 is 9.62 Å². The third kappa shape index (κ3) is 8.58. The number of halogens is 3. The number of alkyl halides is 3. The van der Waals surface area contributed by atoms with Gasteiger partial charge in [-0.15, -0.1) is 0 Å². The van der Waals surface area contributed by atoms with Crippen LogP contribution in [0.3, 0.4) is 0 Å². The lowest BCUT2D eigenvalue weighted by atomic mass is 10.1. The molecular weight excluding hydrogens is 567 g/mol. The van der Waals surface area contributed by atoms with Crippen LogP contribution in [0.5, 0.6) is 0 Å². The van der Waals surface area contributed by atoms with Crippen LogP contribution in [0.4, 0.5) is 18.9 Å². The highest BCUT2D eigenvalue weighted by atomic mass is 32.2. The SMILES string of the molecule is CCCCNC(=O)[C@@H](CC)N(CCc1ccccc1)C(=O)CN(c1cccc(C(F)(F)F)c1)S(=O)(=O)c1ccccc1. The van der Waals surface area contributed by atoms with Gasteiger partial charge in [-0.25, -0.2) is 8.42 Å². The molecule has 42 heavy (non-hydrogen) atoms. The Labute approximate surface area is 245 Å². The number of nitrogens with one attached hydrogen (secondary N) is 1. The molecule has 0 radical (unpaired) electrons. The highest BCUT2D eigenvalue weighted by Gasteiger charge is 2.35. The van der Waals surface area contributed by atoms with E-state index >= 15 is 0 Å². The minimum Gasteiger partial charge on any atom is -0.354 e. The van der Waals surface area contributed by atoms with Crippen molar-refractivity contribution in [2.45, 2.75) is 56.6 Å². The van der Waals surface area contributed by atoms with Crippen LogP contribution in [0.25, 0.3) is 0 Å². The molecule has 1 atom stereocenters. The van der Waals surface area contributed by atoms with E-state index < -0.39 is 40.3 Å². The van der Waals surface area contributed by atoms with Crippen molar-refractivity contribution in [2.24, 2.45) is 0 Å². The lowest BCUT2D eigenvalue weighted by Crippen LogP contribution is -2.53. The first-order valence-corrected chi connectivity index (χ1v) is 15.3. The van der Waals surface area contributed by atoms with Crippen molar-refractivity contribution in [1.29, 1.82) is 0 Å². The molecule has 3 rings (SSSR count). The lowest BCUT2D eigenvalue weighted by Gasteiger charge is -2.33. The molecule has 226 valence electrons. The third-order valence-corrected chi connectivity index (χ3v) is 8.56. The van der Waals surface area contributed by atoms with Gasteiger partial charge in [-0.05, 0) is 55.2 Å². The quantitative estimate of drug-likeness (QED) is 0.241. The maximum absolute atomic E-state index is 14.0. The van der Waals surface area contributed by atoms with E-state index in [2.05, 4.69) is 5.32 Å². The number of carbonyl (C=O) groups excluding carboxylic acids is 2. The number of rotatable bonds is 14. The van der Waals surface area contributed by atoms with Crippen LogP contribution in [0.15, 0.2) is 89.8 Å². The minimum absolute atomic E-state index is 0.102. The van der Waals surface area contributed by atoms with Crippen LogP contribution in [0.2, 0.25) is 0 Å². The third-order valence-electron chi connectivity index (χ3n) is 6.77. The molecule has 0 aromatic heterocycles. The second-order valence-corrected chi connectivity index (χ2v) is 11.6. The lowest BCUT2D eigenvalue weighted by molar-refractivity contribution is -0.139. The Morgan fingerprint density at radius 1 is 0.905 bits per heavy atom. The Morgan fingerprint density at radius 3 is 2.14 bits per heavy atom. The van der Waals surface area contributed by atoms with E-state index in [4.69, 9.17) is 0 Å². The smallest absolute Gasteiger partial charge is 0.354 e. The van der Waals surface area contributed by atoms with Crippen molar-refractivity contribution < 1.29 is 31.2 Å². The predicted molar refractivity (Wildman–Crippen MR) is 156 cm³/mol. The number of amides is 2. The fourth-order valence-corrected chi connectivity index (χ4v) is 5.91. The highest BCUT2D eigenvalue weighted by molar-refractivity contribution is 7.92. The summed E-state index contributed by atoms with van der Waals surface area (Å²) in [6.07, 6.45) is -2.47. The van der Waals surface area contributed by atoms with Gasteiger partial charge < -0.3 is 10.2 Å². The van der Waals surface area contributed by atoms with E-state index in [1.54, 1.807) is 13.0 Å². The molecule has 0 saturated carbocycles.